The van der Waals surface area contributed by atoms with Crippen LogP contribution in [0.25, 0.3) is 44.5 Å². The maximum absolute atomic E-state index is 16.7. The van der Waals surface area contributed by atoms with Crippen LogP contribution in [0.1, 0.15) is 74.9 Å². The third kappa shape index (κ3) is 7.80. The quantitative estimate of drug-likeness (QED) is 0.0952. The molecule has 66 heavy (non-hydrogen) atoms. The number of nitrogens with zero attached hydrogens (tertiary/aromatic N) is 4. The molecule has 15 nitrogen and oxygen atoms in total. The number of H-pyrrole nitrogens is 2. The number of carbonyl (C=O) groups is 4. The smallest absolute Gasteiger partial charge is 0.407 e. The molecule has 4 heterocycles. The SMILES string of the molecule is COC(=O)N[C@H](C(=O)N1C(c2nc3ccc(-c4ccc5c(c4)C(F)(F)c4cc(-c6cnc([C@@H]7C[Si](C)(C)CN7C(=O)[C@@H](NC(=O)OC)C(C)OC)[nH]6)ccc4-5)cc3[nH]2)[C@H]2CC[C@@H]1C2)C(C)C. The molecule has 4 N–H and O–H groups in total. The number of alkyl halides is 2. The van der Waals surface area contributed by atoms with Crippen LogP contribution >= 0.6 is 0 Å². The van der Waals surface area contributed by atoms with Crippen molar-refractivity contribution in [3.05, 3.63) is 83.6 Å². The van der Waals surface area contributed by atoms with E-state index in [2.05, 4.69) is 38.7 Å². The summed E-state index contributed by atoms with van der Waals surface area (Å²) >= 11 is 0. The van der Waals surface area contributed by atoms with Gasteiger partial charge in [0.05, 0.1) is 63.4 Å². The van der Waals surface area contributed by atoms with E-state index < -0.39 is 50.4 Å². The molecular weight excluding hydrogens is 867 g/mol. The first-order valence-electron chi connectivity index (χ1n) is 22.5. The molecule has 348 valence electrons. The normalized spacial score (nSPS) is 22.5. The molecule has 0 spiro atoms. The lowest BCUT2D eigenvalue weighted by atomic mass is 9.95. The van der Waals surface area contributed by atoms with Gasteiger partial charge in [-0.15, -0.1) is 0 Å². The minimum Gasteiger partial charge on any atom is -0.453 e. The van der Waals surface area contributed by atoms with Crippen LogP contribution in [0.5, 0.6) is 0 Å². The number of amides is 4. The van der Waals surface area contributed by atoms with E-state index in [-0.39, 0.29) is 46.9 Å². The summed E-state index contributed by atoms with van der Waals surface area (Å²) in [7, 11) is 2.05. The maximum Gasteiger partial charge on any atom is 0.407 e. The van der Waals surface area contributed by atoms with Crippen LogP contribution < -0.4 is 10.6 Å². The molecule has 1 saturated carbocycles. The van der Waals surface area contributed by atoms with Gasteiger partial charge in [0.15, 0.2) is 0 Å². The Hall–Kier alpha value is -6.14. The second-order valence-electron chi connectivity index (χ2n) is 19.3. The molecule has 0 radical (unpaired) electrons. The van der Waals surface area contributed by atoms with E-state index in [4.69, 9.17) is 19.2 Å². The summed E-state index contributed by atoms with van der Waals surface area (Å²) in [5.74, 6) is -2.54. The van der Waals surface area contributed by atoms with Crippen molar-refractivity contribution in [2.75, 3.05) is 27.5 Å². The average molecular weight is 923 g/mol. The maximum atomic E-state index is 16.7. The Bertz CT molecular complexity index is 2740. The molecule has 9 rings (SSSR count). The van der Waals surface area contributed by atoms with E-state index in [1.54, 1.807) is 42.3 Å². The summed E-state index contributed by atoms with van der Waals surface area (Å²) < 4.78 is 48.4. The number of piperidine rings is 1. The highest BCUT2D eigenvalue weighted by molar-refractivity contribution is 6.78. The number of carbonyl (C=O) groups excluding carboxylic acids is 4. The number of halogens is 2. The molecule has 5 aromatic rings. The number of alkyl carbamates (subject to hydrolysis) is 2. The fourth-order valence-corrected chi connectivity index (χ4v) is 13.6. The zero-order chi connectivity index (χ0) is 47.0. The Balaban J connectivity index is 0.961. The van der Waals surface area contributed by atoms with E-state index in [1.165, 1.54) is 27.4 Å². The van der Waals surface area contributed by atoms with Gasteiger partial charge in [0, 0.05) is 36.0 Å². The molecular formula is C48H56F2N8O7Si. The second-order valence-corrected chi connectivity index (χ2v) is 24.4. The third-order valence-electron chi connectivity index (χ3n) is 14.1. The molecule has 3 fully saturated rings. The monoisotopic (exact) mass is 922 g/mol. The molecule has 3 aromatic carbocycles. The Morgan fingerprint density at radius 1 is 0.818 bits per heavy atom. The molecule has 2 aliphatic carbocycles. The van der Waals surface area contributed by atoms with Crippen molar-refractivity contribution in [3.8, 4) is 33.5 Å². The van der Waals surface area contributed by atoms with Crippen LogP contribution in [-0.2, 0) is 29.7 Å². The fourth-order valence-electron chi connectivity index (χ4n) is 10.7. The second kappa shape index (κ2) is 16.9. The van der Waals surface area contributed by atoms with Crippen LogP contribution in [0.3, 0.4) is 0 Å². The first kappa shape index (κ1) is 45.0. The van der Waals surface area contributed by atoms with Crippen molar-refractivity contribution < 1.29 is 42.2 Å². The van der Waals surface area contributed by atoms with Crippen LogP contribution in [0.4, 0.5) is 18.4 Å². The van der Waals surface area contributed by atoms with Gasteiger partial charge in [-0.3, -0.25) is 9.59 Å². The highest BCUT2D eigenvalue weighted by atomic mass is 28.3. The van der Waals surface area contributed by atoms with Crippen molar-refractivity contribution >= 4 is 43.1 Å². The number of fused-ring (bicyclic) bond motifs is 6. The lowest BCUT2D eigenvalue weighted by Gasteiger charge is -2.37. The van der Waals surface area contributed by atoms with E-state index in [9.17, 15) is 19.2 Å². The Morgan fingerprint density at radius 3 is 2.12 bits per heavy atom. The molecule has 2 aromatic heterocycles. The number of methoxy groups -OCH3 is 3. The number of hydrogen-bond acceptors (Lipinski definition) is 9. The Morgan fingerprint density at radius 2 is 1.45 bits per heavy atom. The predicted octanol–water partition coefficient (Wildman–Crippen LogP) is 8.06. The van der Waals surface area contributed by atoms with Gasteiger partial charge in [0.25, 0.3) is 5.92 Å². The first-order valence-corrected chi connectivity index (χ1v) is 25.9. The molecule has 7 atom stereocenters. The fraction of sp³-hybridized carbons (Fsp3) is 0.458. The lowest BCUT2D eigenvalue weighted by Crippen LogP contribution is -2.54. The number of nitrogens with one attached hydrogen (secondary N) is 4. The number of benzene rings is 3. The largest absolute Gasteiger partial charge is 0.453 e. The van der Waals surface area contributed by atoms with Gasteiger partial charge in [-0.2, -0.15) is 8.78 Å². The molecule has 2 unspecified atom stereocenters. The molecule has 4 amide bonds. The summed E-state index contributed by atoms with van der Waals surface area (Å²) in [6.45, 7) is 9.86. The van der Waals surface area contributed by atoms with E-state index in [1.807, 2.05) is 43.0 Å². The van der Waals surface area contributed by atoms with E-state index in [0.29, 0.717) is 57.3 Å². The van der Waals surface area contributed by atoms with E-state index >= 15 is 8.78 Å². The van der Waals surface area contributed by atoms with Gasteiger partial charge in [-0.05, 0) is 90.6 Å². The summed E-state index contributed by atoms with van der Waals surface area (Å²) in [4.78, 5) is 72.6. The van der Waals surface area contributed by atoms with Gasteiger partial charge >= 0.3 is 12.2 Å². The lowest BCUT2D eigenvalue weighted by molar-refractivity contribution is -0.139. The average Bonchev–Trinajstić information content (AvgIpc) is 4.18. The molecule has 2 aliphatic heterocycles. The topological polar surface area (TPSA) is 184 Å². The van der Waals surface area contributed by atoms with E-state index in [0.717, 1.165) is 30.3 Å². The number of ether oxygens (including phenoxy) is 3. The zero-order valence-electron chi connectivity index (χ0n) is 38.3. The number of rotatable bonds is 11. The van der Waals surface area contributed by atoms with Gasteiger partial charge in [0.2, 0.25) is 11.8 Å². The van der Waals surface area contributed by atoms with Crippen molar-refractivity contribution in [2.24, 2.45) is 11.8 Å². The molecule has 2 saturated heterocycles. The number of imidazole rings is 2. The highest BCUT2D eigenvalue weighted by Crippen LogP contribution is 2.53. The van der Waals surface area contributed by atoms with Gasteiger partial charge in [-0.25, -0.2) is 19.6 Å². The minimum absolute atomic E-state index is 0.0410. The summed E-state index contributed by atoms with van der Waals surface area (Å²) in [6, 6.07) is 14.1. The minimum atomic E-state index is -3.30. The standard InChI is InChI=1S/C48H56F2N8O7Si/c1-24(2)39(55-46(61)64-5)45(60)58-30-13-9-29(17-30)41(58)43-52-35-16-12-27(20-36(35)53-43)26-10-14-31-32-15-11-28(19-34(32)48(49,50)33(31)18-26)37-21-51-42(54-37)38-22-66(7,8)23-57(38)44(59)40(25(3)63-4)56-47(62)65-6/h10-12,14-16,18-21,24-25,29-30,38-41H,9,13,17,22-23H2,1-8H3,(H,51,54)(H,52,53)(H,55,61)(H,56,62)/t25?,29-,30+,38-,39-,40-,41?/m0/s1. The number of aromatic amines is 2. The Labute approximate surface area is 382 Å². The van der Waals surface area contributed by atoms with Gasteiger partial charge in [0.1, 0.15) is 23.7 Å². The van der Waals surface area contributed by atoms with Crippen LogP contribution in [-0.4, -0.2) is 114 Å². The van der Waals surface area contributed by atoms with Crippen molar-refractivity contribution in [3.63, 3.8) is 0 Å². The zero-order valence-corrected chi connectivity index (χ0v) is 39.3. The molecule has 18 heteroatoms. The van der Waals surface area contributed by atoms with Gasteiger partial charge < -0.3 is 44.6 Å². The highest BCUT2D eigenvalue weighted by Gasteiger charge is 2.52. The number of likely N-dealkylation sites (tertiary alicyclic amines) is 1. The predicted molar refractivity (Wildman–Crippen MR) is 245 cm³/mol. The summed E-state index contributed by atoms with van der Waals surface area (Å²) in [5.41, 5.74) is 4.54. The van der Waals surface area contributed by atoms with Crippen molar-refractivity contribution in [1.82, 2.24) is 40.4 Å². The van der Waals surface area contributed by atoms with Crippen molar-refractivity contribution in [2.45, 2.75) is 101 Å². The van der Waals surface area contributed by atoms with Crippen molar-refractivity contribution in [1.29, 1.82) is 0 Å². The third-order valence-corrected chi connectivity index (χ3v) is 16.8. The Kier molecular flexibility index (Phi) is 11.6. The van der Waals surface area contributed by atoms with Crippen LogP contribution in [0.15, 0.2) is 60.8 Å². The molecule has 4 aliphatic rings. The summed E-state index contributed by atoms with van der Waals surface area (Å²) in [6.07, 6.45) is 2.81. The van der Waals surface area contributed by atoms with Crippen LogP contribution in [0, 0.1) is 11.8 Å². The van der Waals surface area contributed by atoms with Gasteiger partial charge in [-0.1, -0.05) is 57.3 Å². The van der Waals surface area contributed by atoms with Crippen LogP contribution in [0.2, 0.25) is 19.1 Å². The first-order chi connectivity index (χ1) is 31.4. The number of hydrogen-bond donors (Lipinski definition) is 4. The molecule has 2 bridgehead atoms. The number of aromatic nitrogens is 4. The summed E-state index contributed by atoms with van der Waals surface area (Å²) in [5, 5.41) is 5.35.